The number of carbonyl (C=O) groups is 2. The predicted molar refractivity (Wildman–Crippen MR) is 83.3 cm³/mol. The van der Waals surface area contributed by atoms with E-state index in [2.05, 4.69) is 5.32 Å². The van der Waals surface area contributed by atoms with E-state index in [0.717, 1.165) is 24.8 Å². The van der Waals surface area contributed by atoms with Crippen molar-refractivity contribution in [2.45, 2.75) is 51.6 Å². The van der Waals surface area contributed by atoms with Gasteiger partial charge in [-0.1, -0.05) is 6.07 Å². The molecule has 0 heterocycles. The van der Waals surface area contributed by atoms with E-state index in [-0.39, 0.29) is 5.92 Å². The lowest BCUT2D eigenvalue weighted by molar-refractivity contribution is 0.0522. The number of benzene rings is 1. The summed E-state index contributed by atoms with van der Waals surface area (Å²) >= 11 is 0. The fourth-order valence-corrected chi connectivity index (χ4v) is 2.76. The third-order valence-electron chi connectivity index (χ3n) is 3.72. The van der Waals surface area contributed by atoms with Crippen LogP contribution in [0.5, 0.6) is 0 Å². The molecular weight excluding hydrogens is 282 g/mol. The Morgan fingerprint density at radius 1 is 1.36 bits per heavy atom. The Hall–Kier alpha value is -2.04. The number of nitrogens with one attached hydrogen (secondary N) is 1. The summed E-state index contributed by atoms with van der Waals surface area (Å²) in [5.41, 5.74) is 1.97. The molecule has 0 unspecified atom stereocenters. The molecule has 1 aromatic carbocycles. The minimum atomic E-state index is -0.924. The second-order valence-electron chi connectivity index (χ2n) is 6.69. The van der Waals surface area contributed by atoms with Crippen LogP contribution in [0.25, 0.3) is 0 Å². The molecule has 0 aromatic heterocycles. The molecule has 22 heavy (non-hydrogen) atoms. The topological polar surface area (TPSA) is 75.6 Å². The molecule has 0 aliphatic heterocycles. The molecule has 1 aromatic rings. The van der Waals surface area contributed by atoms with Crippen molar-refractivity contribution in [2.75, 3.05) is 6.54 Å². The second-order valence-corrected chi connectivity index (χ2v) is 6.69. The van der Waals surface area contributed by atoms with Crippen LogP contribution in [0.1, 0.15) is 61.0 Å². The fraction of sp³-hybridized carbons (Fsp3) is 0.529. The number of carboxylic acid groups (broad SMARTS) is 1. The number of amides is 1. The number of hydrogen-bond donors (Lipinski definition) is 2. The predicted octanol–water partition coefficient (Wildman–Crippen LogP) is 3.33. The van der Waals surface area contributed by atoms with Crippen LogP contribution >= 0.6 is 0 Å². The third-order valence-corrected chi connectivity index (χ3v) is 3.72. The zero-order chi connectivity index (χ0) is 16.3. The van der Waals surface area contributed by atoms with Gasteiger partial charge >= 0.3 is 12.1 Å². The monoisotopic (exact) mass is 305 g/mol. The Morgan fingerprint density at radius 3 is 2.73 bits per heavy atom. The van der Waals surface area contributed by atoms with Gasteiger partial charge in [0.25, 0.3) is 0 Å². The van der Waals surface area contributed by atoms with Gasteiger partial charge in [0.2, 0.25) is 0 Å². The molecule has 0 saturated carbocycles. The van der Waals surface area contributed by atoms with Gasteiger partial charge in [-0.2, -0.15) is 0 Å². The molecule has 0 fully saturated rings. The molecule has 0 saturated heterocycles. The van der Waals surface area contributed by atoms with E-state index < -0.39 is 17.7 Å². The maximum absolute atomic E-state index is 11.8. The van der Waals surface area contributed by atoms with Gasteiger partial charge in [-0.15, -0.1) is 0 Å². The summed E-state index contributed by atoms with van der Waals surface area (Å²) in [7, 11) is 0. The van der Waals surface area contributed by atoms with Gasteiger partial charge in [0.1, 0.15) is 5.60 Å². The molecule has 1 aliphatic rings. The molecule has 120 valence electrons. The van der Waals surface area contributed by atoms with Crippen molar-refractivity contribution in [3.8, 4) is 0 Å². The van der Waals surface area contributed by atoms with Crippen LogP contribution in [-0.2, 0) is 11.2 Å². The maximum Gasteiger partial charge on any atom is 0.407 e. The van der Waals surface area contributed by atoms with E-state index in [9.17, 15) is 9.59 Å². The average Bonchev–Trinajstić information content (AvgIpc) is 2.42. The van der Waals surface area contributed by atoms with Crippen molar-refractivity contribution in [1.82, 2.24) is 5.32 Å². The second kappa shape index (κ2) is 6.38. The van der Waals surface area contributed by atoms with Gasteiger partial charge in [0, 0.05) is 12.5 Å². The number of ether oxygens (including phenoxy) is 1. The minimum absolute atomic E-state index is 0.135. The van der Waals surface area contributed by atoms with Crippen LogP contribution in [0.2, 0.25) is 0 Å². The summed E-state index contributed by atoms with van der Waals surface area (Å²) in [4.78, 5) is 22.9. The first-order chi connectivity index (χ1) is 10.3. The number of hydrogen-bond acceptors (Lipinski definition) is 3. The number of carbonyl (C=O) groups excluding carboxylic acids is 1. The molecule has 1 atom stereocenters. The van der Waals surface area contributed by atoms with Crippen LogP contribution in [0.3, 0.4) is 0 Å². The Kier molecular flexibility index (Phi) is 4.74. The zero-order valence-electron chi connectivity index (χ0n) is 13.3. The number of rotatable bonds is 3. The first-order valence-electron chi connectivity index (χ1n) is 7.59. The lowest BCUT2D eigenvalue weighted by Gasteiger charge is -2.27. The quantitative estimate of drug-likeness (QED) is 0.898. The van der Waals surface area contributed by atoms with E-state index in [4.69, 9.17) is 9.84 Å². The molecule has 5 nitrogen and oxygen atoms in total. The Morgan fingerprint density at radius 2 is 2.09 bits per heavy atom. The lowest BCUT2D eigenvalue weighted by atomic mass is 9.82. The van der Waals surface area contributed by atoms with E-state index in [1.165, 1.54) is 5.56 Å². The number of alkyl carbamates (subject to hydrolysis) is 1. The summed E-state index contributed by atoms with van der Waals surface area (Å²) in [6.07, 6.45) is 2.50. The molecule has 0 bridgehead atoms. The van der Waals surface area contributed by atoms with E-state index >= 15 is 0 Å². The van der Waals surface area contributed by atoms with Crippen molar-refractivity contribution in [2.24, 2.45) is 0 Å². The number of fused-ring (bicyclic) bond motifs is 1. The van der Waals surface area contributed by atoms with E-state index in [1.807, 2.05) is 26.8 Å². The highest BCUT2D eigenvalue weighted by Crippen LogP contribution is 2.32. The highest BCUT2D eigenvalue weighted by molar-refractivity contribution is 5.88. The number of carboxylic acids is 1. The number of aromatic carboxylic acids is 1. The van der Waals surface area contributed by atoms with E-state index in [1.54, 1.807) is 12.1 Å². The molecular formula is C17H23NO4. The SMILES string of the molecule is CC(C)(C)OC(=O)NC[C@H]1CCCc2ccc(C(=O)O)cc21. The molecule has 1 amide bonds. The van der Waals surface area contributed by atoms with Crippen molar-refractivity contribution in [1.29, 1.82) is 0 Å². The molecule has 1 aliphatic carbocycles. The van der Waals surface area contributed by atoms with Crippen molar-refractivity contribution >= 4 is 12.1 Å². The highest BCUT2D eigenvalue weighted by atomic mass is 16.6. The van der Waals surface area contributed by atoms with Gasteiger partial charge < -0.3 is 15.2 Å². The van der Waals surface area contributed by atoms with Crippen LogP contribution in [0, 0.1) is 0 Å². The third kappa shape index (κ3) is 4.23. The molecule has 0 radical (unpaired) electrons. The summed E-state index contributed by atoms with van der Waals surface area (Å²) in [5.74, 6) is -0.789. The smallest absolute Gasteiger partial charge is 0.407 e. The minimum Gasteiger partial charge on any atom is -0.478 e. The zero-order valence-corrected chi connectivity index (χ0v) is 13.3. The molecule has 5 heteroatoms. The van der Waals surface area contributed by atoms with Crippen molar-refractivity contribution < 1.29 is 19.4 Å². The Balaban J connectivity index is 2.07. The molecule has 2 N–H and O–H groups in total. The van der Waals surface area contributed by atoms with Crippen LogP contribution in [0.15, 0.2) is 18.2 Å². The summed E-state index contributed by atoms with van der Waals surface area (Å²) in [5, 5.41) is 11.9. The van der Waals surface area contributed by atoms with Crippen LogP contribution in [0.4, 0.5) is 4.79 Å². The summed E-state index contributed by atoms with van der Waals surface area (Å²) < 4.78 is 5.23. The van der Waals surface area contributed by atoms with Gasteiger partial charge in [-0.05, 0) is 63.3 Å². The van der Waals surface area contributed by atoms with Gasteiger partial charge in [-0.3, -0.25) is 0 Å². The summed E-state index contributed by atoms with van der Waals surface area (Å²) in [6.45, 7) is 5.93. The highest BCUT2D eigenvalue weighted by Gasteiger charge is 2.23. The first-order valence-corrected chi connectivity index (χ1v) is 7.59. The largest absolute Gasteiger partial charge is 0.478 e. The summed E-state index contributed by atoms with van der Waals surface area (Å²) in [6, 6.07) is 5.27. The maximum atomic E-state index is 11.8. The van der Waals surface area contributed by atoms with Crippen molar-refractivity contribution in [3.63, 3.8) is 0 Å². The van der Waals surface area contributed by atoms with Gasteiger partial charge in [-0.25, -0.2) is 9.59 Å². The Labute approximate surface area is 130 Å². The first kappa shape index (κ1) is 16.3. The average molecular weight is 305 g/mol. The molecule has 2 rings (SSSR count). The van der Waals surface area contributed by atoms with Gasteiger partial charge in [0.15, 0.2) is 0 Å². The van der Waals surface area contributed by atoms with Gasteiger partial charge in [0.05, 0.1) is 5.56 Å². The van der Waals surface area contributed by atoms with E-state index in [0.29, 0.717) is 12.1 Å². The van der Waals surface area contributed by atoms with Crippen molar-refractivity contribution in [3.05, 3.63) is 34.9 Å². The normalized spacial score (nSPS) is 17.5. The molecule has 0 spiro atoms. The van der Waals surface area contributed by atoms with Crippen LogP contribution in [-0.4, -0.2) is 29.3 Å². The number of aryl methyl sites for hydroxylation is 1. The lowest BCUT2D eigenvalue weighted by Crippen LogP contribution is -2.35. The van der Waals surface area contributed by atoms with Crippen LogP contribution < -0.4 is 5.32 Å². The Bertz CT molecular complexity index is 575. The fourth-order valence-electron chi connectivity index (χ4n) is 2.76. The standard InChI is InChI=1S/C17H23NO4/c1-17(2,3)22-16(21)18-10-13-6-4-5-11-7-8-12(15(19)20)9-14(11)13/h7-9,13H,4-6,10H2,1-3H3,(H,18,21)(H,19,20)/t13-/m1/s1.